The van der Waals surface area contributed by atoms with Crippen LogP contribution in [0.15, 0.2) is 24.3 Å². The summed E-state index contributed by atoms with van der Waals surface area (Å²) in [5.41, 5.74) is 2.45. The van der Waals surface area contributed by atoms with Crippen molar-refractivity contribution in [2.45, 2.75) is 32.7 Å². The largest absolute Gasteiger partial charge is 0.381 e. The van der Waals surface area contributed by atoms with Crippen molar-refractivity contribution in [1.82, 2.24) is 9.80 Å². The van der Waals surface area contributed by atoms with Crippen LogP contribution in [0.4, 0.5) is 0 Å². The van der Waals surface area contributed by atoms with Gasteiger partial charge < -0.3 is 14.5 Å². The zero-order valence-electron chi connectivity index (χ0n) is 15.7. The molecular weight excluding hydrogens is 328 g/mol. The lowest BCUT2D eigenvalue weighted by molar-refractivity contribution is -0.138. The van der Waals surface area contributed by atoms with Gasteiger partial charge in [0.15, 0.2) is 0 Å². The highest BCUT2D eigenvalue weighted by atomic mass is 16.5. The van der Waals surface area contributed by atoms with Gasteiger partial charge in [0.1, 0.15) is 0 Å². The number of carbonyl (C=O) groups is 2. The van der Waals surface area contributed by atoms with Crippen molar-refractivity contribution in [3.8, 4) is 0 Å². The van der Waals surface area contributed by atoms with Crippen LogP contribution < -0.4 is 0 Å². The topological polar surface area (TPSA) is 49.9 Å². The van der Waals surface area contributed by atoms with Crippen LogP contribution in [0.3, 0.4) is 0 Å². The fraction of sp³-hybridized carbons (Fsp3) is 0.619. The molecule has 0 aromatic heterocycles. The first-order valence-electron chi connectivity index (χ1n) is 9.75. The molecule has 3 aliphatic rings. The molecule has 4 rings (SSSR count). The Morgan fingerprint density at radius 3 is 2.50 bits per heavy atom. The van der Waals surface area contributed by atoms with E-state index in [1.165, 1.54) is 11.1 Å². The van der Waals surface area contributed by atoms with E-state index in [0.717, 1.165) is 32.5 Å². The molecule has 5 heteroatoms. The van der Waals surface area contributed by atoms with E-state index >= 15 is 0 Å². The number of rotatable bonds is 2. The van der Waals surface area contributed by atoms with Gasteiger partial charge >= 0.3 is 0 Å². The highest BCUT2D eigenvalue weighted by molar-refractivity contribution is 5.79. The van der Waals surface area contributed by atoms with Crippen LogP contribution in [0.1, 0.15) is 36.9 Å². The van der Waals surface area contributed by atoms with Gasteiger partial charge in [-0.2, -0.15) is 0 Å². The lowest BCUT2D eigenvalue weighted by Gasteiger charge is -2.31. The van der Waals surface area contributed by atoms with Gasteiger partial charge in [-0.25, -0.2) is 0 Å². The number of aryl methyl sites for hydroxylation is 1. The predicted molar refractivity (Wildman–Crippen MR) is 98.4 cm³/mol. The number of likely N-dealkylation sites (tertiary alicyclic amines) is 2. The molecule has 5 nitrogen and oxygen atoms in total. The second-order valence-corrected chi connectivity index (χ2v) is 8.03. The third-order valence-corrected chi connectivity index (χ3v) is 6.46. The molecule has 0 spiro atoms. The van der Waals surface area contributed by atoms with Crippen LogP contribution in [0, 0.1) is 24.7 Å². The first-order chi connectivity index (χ1) is 12.6. The molecule has 140 valence electrons. The summed E-state index contributed by atoms with van der Waals surface area (Å²) in [6, 6.07) is 8.43. The zero-order valence-corrected chi connectivity index (χ0v) is 15.7. The van der Waals surface area contributed by atoms with Crippen molar-refractivity contribution in [3.05, 3.63) is 35.4 Å². The van der Waals surface area contributed by atoms with Crippen LogP contribution in [0.2, 0.25) is 0 Å². The molecule has 26 heavy (non-hydrogen) atoms. The maximum atomic E-state index is 12.9. The van der Waals surface area contributed by atoms with Crippen molar-refractivity contribution in [2.24, 2.45) is 17.8 Å². The fourth-order valence-corrected chi connectivity index (χ4v) is 5.07. The van der Waals surface area contributed by atoms with E-state index in [1.54, 1.807) is 6.92 Å². The molecule has 0 radical (unpaired) electrons. The number of ether oxygens (including phenoxy) is 1. The monoisotopic (exact) mass is 356 g/mol. The maximum absolute atomic E-state index is 12.9. The average molecular weight is 356 g/mol. The number of hydrogen-bond donors (Lipinski definition) is 0. The molecule has 0 aliphatic carbocycles. The number of amides is 2. The molecular formula is C21H28N2O3. The van der Waals surface area contributed by atoms with Crippen LogP contribution in [-0.2, 0) is 14.3 Å². The Hall–Kier alpha value is -1.88. The molecule has 2 amide bonds. The Bertz CT molecular complexity index is 698. The number of fused-ring (bicyclic) bond motifs is 1. The summed E-state index contributed by atoms with van der Waals surface area (Å²) in [4.78, 5) is 29.3. The minimum atomic E-state index is 0.0891. The maximum Gasteiger partial charge on any atom is 0.225 e. The molecule has 3 heterocycles. The third kappa shape index (κ3) is 3.02. The summed E-state index contributed by atoms with van der Waals surface area (Å²) in [5.74, 6) is 1.26. The molecule has 1 aromatic carbocycles. The zero-order chi connectivity index (χ0) is 18.3. The van der Waals surface area contributed by atoms with Crippen molar-refractivity contribution in [1.29, 1.82) is 0 Å². The second kappa shape index (κ2) is 7.03. The second-order valence-electron chi connectivity index (χ2n) is 8.03. The molecule has 0 N–H and O–H groups in total. The lowest BCUT2D eigenvalue weighted by atomic mass is 9.87. The van der Waals surface area contributed by atoms with E-state index in [0.29, 0.717) is 31.0 Å². The molecule has 1 aromatic rings. The van der Waals surface area contributed by atoms with Crippen molar-refractivity contribution < 1.29 is 14.3 Å². The smallest absolute Gasteiger partial charge is 0.225 e. The van der Waals surface area contributed by atoms with E-state index < -0.39 is 0 Å². The normalized spacial score (nSPS) is 29.1. The van der Waals surface area contributed by atoms with Gasteiger partial charge in [0, 0.05) is 57.5 Å². The van der Waals surface area contributed by atoms with E-state index in [-0.39, 0.29) is 17.9 Å². The first-order valence-corrected chi connectivity index (χ1v) is 9.75. The number of hydrogen-bond acceptors (Lipinski definition) is 3. The molecule has 0 unspecified atom stereocenters. The molecule has 3 aliphatic heterocycles. The van der Waals surface area contributed by atoms with E-state index in [2.05, 4.69) is 24.0 Å². The predicted octanol–water partition coefficient (Wildman–Crippen LogP) is 2.40. The van der Waals surface area contributed by atoms with Gasteiger partial charge in [-0.05, 0) is 30.9 Å². The Morgan fingerprint density at radius 1 is 1.08 bits per heavy atom. The quantitative estimate of drug-likeness (QED) is 0.818. The van der Waals surface area contributed by atoms with Gasteiger partial charge in [0.05, 0.1) is 6.04 Å². The van der Waals surface area contributed by atoms with Crippen molar-refractivity contribution in [3.63, 3.8) is 0 Å². The molecule has 0 bridgehead atoms. The van der Waals surface area contributed by atoms with E-state index in [4.69, 9.17) is 4.74 Å². The summed E-state index contributed by atoms with van der Waals surface area (Å²) >= 11 is 0. The van der Waals surface area contributed by atoms with Gasteiger partial charge in [0.2, 0.25) is 11.8 Å². The van der Waals surface area contributed by atoms with E-state index in [1.807, 2.05) is 17.0 Å². The van der Waals surface area contributed by atoms with Crippen LogP contribution in [0.25, 0.3) is 0 Å². The van der Waals surface area contributed by atoms with Gasteiger partial charge in [-0.3, -0.25) is 9.59 Å². The minimum Gasteiger partial charge on any atom is -0.381 e. The Labute approximate surface area is 155 Å². The third-order valence-electron chi connectivity index (χ3n) is 6.46. The standard InChI is InChI=1S/C21H28N2O3/c1-14-5-3-4-6-18(14)20-19-13-22(11-17(19)12-23(20)15(2)24)21(25)16-7-9-26-10-8-16/h3-6,16-17,19-20H,7-13H2,1-2H3/t17-,19-,20-/m1/s1. The highest BCUT2D eigenvalue weighted by Crippen LogP contribution is 2.46. The SMILES string of the molecule is CC(=O)N1C[C@H]2CN(C(=O)C3CCOCC3)C[C@H]2[C@H]1c1ccccc1C. The summed E-state index contributed by atoms with van der Waals surface area (Å²) in [7, 11) is 0. The number of nitrogens with zero attached hydrogens (tertiary/aromatic N) is 2. The van der Waals surface area contributed by atoms with Gasteiger partial charge in [-0.15, -0.1) is 0 Å². The van der Waals surface area contributed by atoms with Crippen molar-refractivity contribution >= 4 is 11.8 Å². The minimum absolute atomic E-state index is 0.0891. The molecule has 3 atom stereocenters. The number of carbonyl (C=O) groups excluding carboxylic acids is 2. The lowest BCUT2D eigenvalue weighted by Crippen LogP contribution is -2.40. The molecule has 3 fully saturated rings. The van der Waals surface area contributed by atoms with Gasteiger partial charge in [-0.1, -0.05) is 24.3 Å². The molecule has 0 saturated carbocycles. The van der Waals surface area contributed by atoms with Crippen LogP contribution in [0.5, 0.6) is 0 Å². The Kier molecular flexibility index (Phi) is 4.74. The summed E-state index contributed by atoms with van der Waals surface area (Å²) in [5, 5.41) is 0. The molecule has 3 saturated heterocycles. The van der Waals surface area contributed by atoms with Gasteiger partial charge in [0.25, 0.3) is 0 Å². The Balaban J connectivity index is 1.56. The summed E-state index contributed by atoms with van der Waals surface area (Å²) in [6.45, 7) is 7.48. The first kappa shape index (κ1) is 17.5. The van der Waals surface area contributed by atoms with Crippen LogP contribution >= 0.6 is 0 Å². The summed E-state index contributed by atoms with van der Waals surface area (Å²) < 4.78 is 5.40. The highest BCUT2D eigenvalue weighted by Gasteiger charge is 2.50. The fourth-order valence-electron chi connectivity index (χ4n) is 5.07. The van der Waals surface area contributed by atoms with E-state index in [9.17, 15) is 9.59 Å². The number of benzene rings is 1. The van der Waals surface area contributed by atoms with Crippen molar-refractivity contribution in [2.75, 3.05) is 32.8 Å². The summed E-state index contributed by atoms with van der Waals surface area (Å²) in [6.07, 6.45) is 1.68. The Morgan fingerprint density at radius 2 is 1.81 bits per heavy atom. The average Bonchev–Trinajstić information content (AvgIpc) is 3.20. The van der Waals surface area contributed by atoms with Crippen LogP contribution in [-0.4, -0.2) is 54.5 Å².